The van der Waals surface area contributed by atoms with Gasteiger partial charge in [0, 0.05) is 6.07 Å². The van der Waals surface area contributed by atoms with E-state index in [2.05, 4.69) is 10.3 Å². The van der Waals surface area contributed by atoms with Crippen LogP contribution in [0.25, 0.3) is 5.69 Å². The molecule has 4 rings (SSSR count). The molecule has 2 aromatic carbocycles. The maximum atomic E-state index is 14.3. The molecular weight excluding hydrogens is 437 g/mol. The topological polar surface area (TPSA) is 75.5 Å². The molecule has 0 saturated heterocycles. The van der Waals surface area contributed by atoms with Crippen molar-refractivity contribution in [1.29, 1.82) is 0 Å². The molecule has 1 atom stereocenters. The molecule has 0 radical (unpaired) electrons. The summed E-state index contributed by atoms with van der Waals surface area (Å²) < 4.78 is 31.4. The molecule has 32 heavy (non-hydrogen) atoms. The smallest absolute Gasteiger partial charge is 0.306 e. The van der Waals surface area contributed by atoms with Crippen LogP contribution in [0.4, 0.5) is 4.39 Å². The molecule has 0 amide bonds. The molecule has 0 aliphatic heterocycles. The van der Waals surface area contributed by atoms with Crippen LogP contribution >= 0.6 is 11.6 Å². The third kappa shape index (κ3) is 4.85. The second kappa shape index (κ2) is 9.56. The van der Waals surface area contributed by atoms with Gasteiger partial charge in [0.15, 0.2) is 5.15 Å². The lowest BCUT2D eigenvalue weighted by Gasteiger charge is -2.16. The SMILES string of the molecule is COC(=O)C[C@H](c1cccc(OCc2nnn(-c3cc(OC)ccc3F)c2Cl)c1)C1CC1. The van der Waals surface area contributed by atoms with Crippen molar-refractivity contribution in [3.8, 4) is 17.2 Å². The monoisotopic (exact) mass is 459 g/mol. The van der Waals surface area contributed by atoms with E-state index in [0.717, 1.165) is 18.4 Å². The highest BCUT2D eigenvalue weighted by molar-refractivity contribution is 6.30. The lowest BCUT2D eigenvalue weighted by Crippen LogP contribution is -2.10. The van der Waals surface area contributed by atoms with Gasteiger partial charge in [0.1, 0.15) is 35.3 Å². The van der Waals surface area contributed by atoms with Crippen molar-refractivity contribution in [3.05, 3.63) is 64.7 Å². The first kappa shape index (κ1) is 22.1. The summed E-state index contributed by atoms with van der Waals surface area (Å²) in [5, 5.41) is 8.15. The average molecular weight is 460 g/mol. The fourth-order valence-electron chi connectivity index (χ4n) is 3.63. The number of carbonyl (C=O) groups excluding carboxylic acids is 1. The molecule has 1 aliphatic carbocycles. The molecule has 3 aromatic rings. The van der Waals surface area contributed by atoms with Gasteiger partial charge in [-0.15, -0.1) is 5.10 Å². The van der Waals surface area contributed by atoms with E-state index in [9.17, 15) is 9.18 Å². The van der Waals surface area contributed by atoms with E-state index in [0.29, 0.717) is 29.5 Å². The highest BCUT2D eigenvalue weighted by Gasteiger charge is 2.34. The summed E-state index contributed by atoms with van der Waals surface area (Å²) in [6.07, 6.45) is 2.55. The van der Waals surface area contributed by atoms with E-state index in [1.54, 1.807) is 0 Å². The van der Waals surface area contributed by atoms with Crippen molar-refractivity contribution in [2.75, 3.05) is 14.2 Å². The summed E-state index contributed by atoms with van der Waals surface area (Å²) in [4.78, 5) is 11.8. The number of methoxy groups -OCH3 is 2. The second-order valence-corrected chi connectivity index (χ2v) is 8.00. The van der Waals surface area contributed by atoms with Crippen LogP contribution < -0.4 is 9.47 Å². The van der Waals surface area contributed by atoms with Crippen LogP contribution in [0.1, 0.15) is 36.4 Å². The van der Waals surface area contributed by atoms with Crippen molar-refractivity contribution < 1.29 is 23.4 Å². The molecule has 1 heterocycles. The van der Waals surface area contributed by atoms with Crippen LogP contribution in [0.2, 0.25) is 5.15 Å². The van der Waals surface area contributed by atoms with Crippen LogP contribution in [0, 0.1) is 11.7 Å². The number of hydrogen-bond acceptors (Lipinski definition) is 6. The number of nitrogens with zero attached hydrogens (tertiary/aromatic N) is 3. The van der Waals surface area contributed by atoms with Crippen LogP contribution in [-0.2, 0) is 16.1 Å². The van der Waals surface area contributed by atoms with Gasteiger partial charge in [-0.2, -0.15) is 4.68 Å². The Kier molecular flexibility index (Phi) is 6.60. The summed E-state index contributed by atoms with van der Waals surface area (Å²) in [6.45, 7) is 0.0545. The molecule has 0 unspecified atom stereocenters. The number of halogens is 2. The van der Waals surface area contributed by atoms with E-state index in [1.165, 1.54) is 37.1 Å². The van der Waals surface area contributed by atoms with Crippen molar-refractivity contribution in [3.63, 3.8) is 0 Å². The Labute approximate surface area is 190 Å². The number of esters is 1. The lowest BCUT2D eigenvalue weighted by molar-refractivity contribution is -0.141. The van der Waals surface area contributed by atoms with Gasteiger partial charge in [0.2, 0.25) is 0 Å². The summed E-state index contributed by atoms with van der Waals surface area (Å²) in [5.74, 6) is 0.954. The van der Waals surface area contributed by atoms with Gasteiger partial charge in [-0.3, -0.25) is 4.79 Å². The molecule has 0 spiro atoms. The number of rotatable bonds is 9. The molecule has 0 bridgehead atoms. The number of ether oxygens (including phenoxy) is 3. The second-order valence-electron chi connectivity index (χ2n) is 7.64. The number of aromatic nitrogens is 3. The van der Waals surface area contributed by atoms with Crippen LogP contribution in [0.5, 0.6) is 11.5 Å². The Morgan fingerprint density at radius 2 is 2.03 bits per heavy atom. The van der Waals surface area contributed by atoms with E-state index in [4.69, 9.17) is 25.8 Å². The molecular formula is C23H23ClFN3O4. The minimum atomic E-state index is -0.505. The van der Waals surface area contributed by atoms with Crippen molar-refractivity contribution in [2.24, 2.45) is 5.92 Å². The zero-order valence-corrected chi connectivity index (χ0v) is 18.5. The first-order chi connectivity index (χ1) is 15.5. The highest BCUT2D eigenvalue weighted by atomic mass is 35.5. The highest BCUT2D eigenvalue weighted by Crippen LogP contribution is 2.45. The standard InChI is InChI=1S/C23H23ClFN3O4/c1-30-16-8-9-19(25)21(11-16)28-23(24)20(26-27-28)13-32-17-5-3-4-15(10-17)18(14-6-7-14)12-22(29)31-2/h3-5,8-11,14,18H,6-7,12-13H2,1-2H3/t18-/m0/s1. The van der Waals surface area contributed by atoms with E-state index in [-0.39, 0.29) is 29.3 Å². The minimum absolute atomic E-state index is 0.0545. The first-order valence-corrected chi connectivity index (χ1v) is 10.6. The van der Waals surface area contributed by atoms with Gasteiger partial charge in [-0.1, -0.05) is 28.9 Å². The summed E-state index contributed by atoms with van der Waals surface area (Å²) >= 11 is 6.40. The number of hydrogen-bond donors (Lipinski definition) is 0. The summed E-state index contributed by atoms with van der Waals surface area (Å²) in [6, 6.07) is 11.9. The van der Waals surface area contributed by atoms with Crippen molar-refractivity contribution in [1.82, 2.24) is 15.0 Å². The van der Waals surface area contributed by atoms with Crippen molar-refractivity contribution in [2.45, 2.75) is 31.8 Å². The van der Waals surface area contributed by atoms with Gasteiger partial charge in [-0.25, -0.2) is 4.39 Å². The summed E-state index contributed by atoms with van der Waals surface area (Å²) in [5.41, 5.74) is 1.53. The third-order valence-corrected chi connectivity index (χ3v) is 5.91. The Balaban J connectivity index is 1.49. The average Bonchev–Trinajstić information content (AvgIpc) is 3.59. The van der Waals surface area contributed by atoms with E-state index < -0.39 is 5.82 Å². The van der Waals surface area contributed by atoms with Crippen LogP contribution in [0.3, 0.4) is 0 Å². The normalized spacial score (nSPS) is 14.1. The maximum absolute atomic E-state index is 14.3. The Morgan fingerprint density at radius 1 is 1.22 bits per heavy atom. The van der Waals surface area contributed by atoms with Gasteiger partial charge < -0.3 is 14.2 Å². The fraction of sp³-hybridized carbons (Fsp3) is 0.348. The van der Waals surface area contributed by atoms with E-state index in [1.807, 2.05) is 24.3 Å². The molecule has 1 aliphatic rings. The van der Waals surface area contributed by atoms with Gasteiger partial charge >= 0.3 is 5.97 Å². The zero-order valence-electron chi connectivity index (χ0n) is 17.8. The van der Waals surface area contributed by atoms with Gasteiger partial charge in [0.05, 0.1) is 20.6 Å². The number of carbonyl (C=O) groups is 1. The molecule has 9 heteroatoms. The zero-order chi connectivity index (χ0) is 22.7. The molecule has 0 N–H and O–H groups in total. The van der Waals surface area contributed by atoms with Crippen LogP contribution in [-0.4, -0.2) is 35.2 Å². The third-order valence-electron chi connectivity index (χ3n) is 5.53. The predicted octanol–water partition coefficient (Wildman–Crippen LogP) is 4.70. The Morgan fingerprint density at radius 3 is 2.75 bits per heavy atom. The molecule has 168 valence electrons. The minimum Gasteiger partial charge on any atom is -0.497 e. The molecule has 1 fully saturated rings. The molecule has 1 saturated carbocycles. The van der Waals surface area contributed by atoms with Gasteiger partial charge in [-0.05, 0) is 54.5 Å². The molecule has 1 aromatic heterocycles. The Bertz CT molecular complexity index is 1120. The largest absolute Gasteiger partial charge is 0.497 e. The molecule has 7 nitrogen and oxygen atoms in total. The quantitative estimate of drug-likeness (QED) is 0.431. The van der Waals surface area contributed by atoms with Gasteiger partial charge in [0.25, 0.3) is 0 Å². The predicted molar refractivity (Wildman–Crippen MR) is 116 cm³/mol. The first-order valence-electron chi connectivity index (χ1n) is 10.2. The fourth-order valence-corrected chi connectivity index (χ4v) is 3.85. The van der Waals surface area contributed by atoms with E-state index >= 15 is 0 Å². The van der Waals surface area contributed by atoms with Crippen molar-refractivity contribution >= 4 is 17.6 Å². The maximum Gasteiger partial charge on any atom is 0.306 e. The summed E-state index contributed by atoms with van der Waals surface area (Å²) in [7, 11) is 2.90. The number of benzene rings is 2. The van der Waals surface area contributed by atoms with Crippen LogP contribution in [0.15, 0.2) is 42.5 Å². The lowest BCUT2D eigenvalue weighted by atomic mass is 9.91. The Hall–Kier alpha value is -3.13.